The number of benzene rings is 1. The van der Waals surface area contributed by atoms with E-state index in [2.05, 4.69) is 15.0 Å². The van der Waals surface area contributed by atoms with Gasteiger partial charge in [0.2, 0.25) is 0 Å². The van der Waals surface area contributed by atoms with Gasteiger partial charge in [0, 0.05) is 35.9 Å². The standard InChI is InChI=1S/C10H10N2.C6H7N.C5H6N2/c1-7-5-6-8-3-2-4-9(11)10(8)12-7;1-6-3-2-4-7-5-6;6-5-2-1-3-7-4-5/h2-6H,11H2,1H3;2-5H,1H3;1-4H,6H2. The third kappa shape index (κ3) is 6.20. The summed E-state index contributed by atoms with van der Waals surface area (Å²) < 4.78 is 0. The van der Waals surface area contributed by atoms with Gasteiger partial charge in [-0.1, -0.05) is 24.3 Å². The Morgan fingerprint density at radius 3 is 1.96 bits per heavy atom. The van der Waals surface area contributed by atoms with Gasteiger partial charge in [0.15, 0.2) is 0 Å². The van der Waals surface area contributed by atoms with E-state index in [0.29, 0.717) is 5.69 Å². The highest BCUT2D eigenvalue weighted by molar-refractivity contribution is 5.89. The number of para-hydroxylation sites is 1. The van der Waals surface area contributed by atoms with Crippen LogP contribution in [0.4, 0.5) is 11.4 Å². The van der Waals surface area contributed by atoms with E-state index in [9.17, 15) is 0 Å². The first-order valence-electron chi connectivity index (χ1n) is 8.20. The molecule has 0 aliphatic heterocycles. The van der Waals surface area contributed by atoms with E-state index in [1.165, 1.54) is 5.56 Å². The molecule has 0 atom stereocenters. The molecule has 0 amide bonds. The van der Waals surface area contributed by atoms with Crippen molar-refractivity contribution in [2.24, 2.45) is 0 Å². The van der Waals surface area contributed by atoms with E-state index in [1.807, 2.05) is 62.5 Å². The van der Waals surface area contributed by atoms with Crippen molar-refractivity contribution >= 4 is 22.3 Å². The molecular formula is C21H23N5. The molecule has 0 unspecified atom stereocenters. The molecule has 26 heavy (non-hydrogen) atoms. The maximum atomic E-state index is 5.76. The maximum Gasteiger partial charge on any atom is 0.0934 e. The Bertz CT molecular complexity index is 887. The zero-order valence-corrected chi connectivity index (χ0v) is 15.0. The lowest BCUT2D eigenvalue weighted by molar-refractivity contribution is 1.26. The zero-order valence-electron chi connectivity index (χ0n) is 15.0. The SMILES string of the molecule is Cc1ccc2cccc(N)c2n1.Cc1cccnc1.Nc1cccnc1. The van der Waals surface area contributed by atoms with Crippen molar-refractivity contribution in [3.05, 3.63) is 90.6 Å². The predicted octanol–water partition coefficient (Wildman–Crippen LogP) is 4.18. The molecular weight excluding hydrogens is 322 g/mol. The Balaban J connectivity index is 0.000000150. The molecule has 3 aromatic heterocycles. The predicted molar refractivity (Wildman–Crippen MR) is 109 cm³/mol. The third-order valence-electron chi connectivity index (χ3n) is 3.38. The number of pyridine rings is 3. The van der Waals surface area contributed by atoms with Crippen LogP contribution in [0.15, 0.2) is 79.4 Å². The van der Waals surface area contributed by atoms with Crippen molar-refractivity contribution in [3.8, 4) is 0 Å². The highest BCUT2D eigenvalue weighted by atomic mass is 14.7. The highest BCUT2D eigenvalue weighted by Gasteiger charge is 1.97. The van der Waals surface area contributed by atoms with Crippen LogP contribution in [0, 0.1) is 13.8 Å². The highest BCUT2D eigenvalue weighted by Crippen LogP contribution is 2.18. The monoisotopic (exact) mass is 345 g/mol. The summed E-state index contributed by atoms with van der Waals surface area (Å²) in [4.78, 5) is 12.0. The molecule has 3 heterocycles. The van der Waals surface area contributed by atoms with Gasteiger partial charge in [-0.3, -0.25) is 15.0 Å². The van der Waals surface area contributed by atoms with E-state index in [1.54, 1.807) is 30.7 Å². The molecule has 0 aliphatic carbocycles. The zero-order chi connectivity index (χ0) is 18.8. The van der Waals surface area contributed by atoms with E-state index in [4.69, 9.17) is 11.5 Å². The molecule has 0 saturated heterocycles. The minimum Gasteiger partial charge on any atom is -0.397 e. The largest absolute Gasteiger partial charge is 0.397 e. The summed E-state index contributed by atoms with van der Waals surface area (Å²) in [5, 5.41) is 1.10. The van der Waals surface area contributed by atoms with Gasteiger partial charge in [-0.25, -0.2) is 0 Å². The second-order valence-electron chi connectivity index (χ2n) is 5.69. The smallest absolute Gasteiger partial charge is 0.0934 e. The van der Waals surface area contributed by atoms with Crippen molar-refractivity contribution in [1.29, 1.82) is 0 Å². The molecule has 5 heteroatoms. The summed E-state index contributed by atoms with van der Waals surface area (Å²) in [6.45, 7) is 3.99. The number of anilines is 2. The summed E-state index contributed by atoms with van der Waals surface area (Å²) in [6.07, 6.45) is 6.91. The van der Waals surface area contributed by atoms with Crippen LogP contribution in [0.2, 0.25) is 0 Å². The minimum absolute atomic E-state index is 0.711. The Labute approximate surface area is 153 Å². The Kier molecular flexibility index (Phi) is 7.06. The second kappa shape index (κ2) is 9.74. The molecule has 0 fully saturated rings. The number of hydrogen-bond donors (Lipinski definition) is 2. The molecule has 0 aliphatic rings. The van der Waals surface area contributed by atoms with Gasteiger partial charge < -0.3 is 11.5 Å². The Morgan fingerprint density at radius 2 is 1.46 bits per heavy atom. The Hall–Kier alpha value is -3.47. The van der Waals surface area contributed by atoms with Gasteiger partial charge >= 0.3 is 0 Å². The lowest BCUT2D eigenvalue weighted by Crippen LogP contribution is -1.90. The average molecular weight is 345 g/mol. The van der Waals surface area contributed by atoms with Gasteiger partial charge in [0.1, 0.15) is 0 Å². The lowest BCUT2D eigenvalue weighted by atomic mass is 10.2. The maximum absolute atomic E-state index is 5.76. The van der Waals surface area contributed by atoms with Crippen LogP contribution in [0.25, 0.3) is 10.9 Å². The molecule has 0 bridgehead atoms. The molecule has 1 aromatic carbocycles. The van der Waals surface area contributed by atoms with Crippen LogP contribution in [0.3, 0.4) is 0 Å². The van der Waals surface area contributed by atoms with Gasteiger partial charge in [0.25, 0.3) is 0 Å². The first-order valence-corrected chi connectivity index (χ1v) is 8.20. The number of nitrogen functional groups attached to an aromatic ring is 2. The molecule has 132 valence electrons. The number of nitrogens with zero attached hydrogens (tertiary/aromatic N) is 3. The van der Waals surface area contributed by atoms with Gasteiger partial charge in [-0.15, -0.1) is 0 Å². The quantitative estimate of drug-likeness (QED) is 0.467. The van der Waals surface area contributed by atoms with Crippen molar-refractivity contribution in [1.82, 2.24) is 15.0 Å². The van der Waals surface area contributed by atoms with Crippen LogP contribution >= 0.6 is 0 Å². The van der Waals surface area contributed by atoms with Crippen molar-refractivity contribution in [2.75, 3.05) is 11.5 Å². The van der Waals surface area contributed by atoms with Crippen molar-refractivity contribution in [3.63, 3.8) is 0 Å². The van der Waals surface area contributed by atoms with Crippen LogP contribution < -0.4 is 11.5 Å². The van der Waals surface area contributed by atoms with Crippen LogP contribution in [-0.4, -0.2) is 15.0 Å². The number of aromatic nitrogens is 3. The fraction of sp³-hybridized carbons (Fsp3) is 0.0952. The normalized spacial score (nSPS) is 9.46. The number of nitrogens with two attached hydrogens (primary N) is 2. The topological polar surface area (TPSA) is 90.7 Å². The van der Waals surface area contributed by atoms with Crippen molar-refractivity contribution in [2.45, 2.75) is 13.8 Å². The molecule has 0 saturated carbocycles. The minimum atomic E-state index is 0.711. The van der Waals surface area contributed by atoms with E-state index in [-0.39, 0.29) is 0 Å². The molecule has 5 nitrogen and oxygen atoms in total. The van der Waals surface area contributed by atoms with Gasteiger partial charge in [-0.05, 0) is 49.7 Å². The second-order valence-corrected chi connectivity index (χ2v) is 5.69. The number of aryl methyl sites for hydroxylation is 2. The molecule has 4 aromatic rings. The first kappa shape index (κ1) is 18.9. The van der Waals surface area contributed by atoms with Crippen LogP contribution in [-0.2, 0) is 0 Å². The van der Waals surface area contributed by atoms with Gasteiger partial charge in [0.05, 0.1) is 16.9 Å². The van der Waals surface area contributed by atoms with E-state index >= 15 is 0 Å². The molecule has 0 spiro atoms. The Morgan fingerprint density at radius 1 is 0.731 bits per heavy atom. The molecule has 0 radical (unpaired) electrons. The van der Waals surface area contributed by atoms with E-state index < -0.39 is 0 Å². The van der Waals surface area contributed by atoms with E-state index in [0.717, 1.165) is 22.3 Å². The average Bonchev–Trinajstić information content (AvgIpc) is 2.65. The summed E-state index contributed by atoms with van der Waals surface area (Å²) in [7, 11) is 0. The number of rotatable bonds is 0. The molecule has 4 rings (SSSR count). The third-order valence-corrected chi connectivity index (χ3v) is 3.38. The van der Waals surface area contributed by atoms with Crippen LogP contribution in [0.5, 0.6) is 0 Å². The fourth-order valence-corrected chi connectivity index (χ4v) is 2.09. The summed E-state index contributed by atoms with van der Waals surface area (Å²) in [5.74, 6) is 0. The van der Waals surface area contributed by atoms with Crippen molar-refractivity contribution < 1.29 is 0 Å². The molecule has 4 N–H and O–H groups in total. The number of fused-ring (bicyclic) bond motifs is 1. The first-order chi connectivity index (χ1) is 12.6. The number of hydrogen-bond acceptors (Lipinski definition) is 5. The lowest BCUT2D eigenvalue weighted by Gasteiger charge is -2.00. The summed E-state index contributed by atoms with van der Waals surface area (Å²) >= 11 is 0. The van der Waals surface area contributed by atoms with Gasteiger partial charge in [-0.2, -0.15) is 0 Å². The fourth-order valence-electron chi connectivity index (χ4n) is 2.09. The van der Waals surface area contributed by atoms with Crippen LogP contribution in [0.1, 0.15) is 11.3 Å². The summed E-state index contributed by atoms with van der Waals surface area (Å²) in [6, 6.07) is 17.4. The summed E-state index contributed by atoms with van der Waals surface area (Å²) in [5.41, 5.74) is 15.6.